The number of nitrogens with zero attached hydrogens (tertiary/aromatic N) is 2. The number of nitrogens with one attached hydrogen (secondary N) is 1. The first-order valence-corrected chi connectivity index (χ1v) is 7.06. The van der Waals surface area contributed by atoms with Crippen LogP contribution in [-0.2, 0) is 11.2 Å². The van der Waals surface area contributed by atoms with Gasteiger partial charge in [0.05, 0.1) is 6.42 Å². The van der Waals surface area contributed by atoms with Gasteiger partial charge < -0.3 is 9.84 Å². The third-order valence-electron chi connectivity index (χ3n) is 3.17. The third kappa shape index (κ3) is 2.42. The molecule has 0 spiro atoms. The summed E-state index contributed by atoms with van der Waals surface area (Å²) < 4.78 is 5.28. The Bertz CT molecular complexity index is 762. The van der Waals surface area contributed by atoms with Gasteiger partial charge in [-0.25, -0.2) is 4.98 Å². The molecule has 0 aliphatic carbocycles. The first-order chi connectivity index (χ1) is 9.63. The number of amides is 1. The maximum absolute atomic E-state index is 11.9. The van der Waals surface area contributed by atoms with Crippen LogP contribution in [0.3, 0.4) is 0 Å². The average Bonchev–Trinajstić information content (AvgIpc) is 3.02. The fourth-order valence-electron chi connectivity index (χ4n) is 1.97. The van der Waals surface area contributed by atoms with Gasteiger partial charge in [0, 0.05) is 17.0 Å². The highest BCUT2D eigenvalue weighted by Gasteiger charge is 2.14. The molecule has 0 saturated heterocycles. The van der Waals surface area contributed by atoms with E-state index in [4.69, 9.17) is 4.52 Å². The zero-order chi connectivity index (χ0) is 14.1. The van der Waals surface area contributed by atoms with Crippen molar-refractivity contribution in [2.24, 2.45) is 0 Å². The minimum Gasteiger partial charge on any atom is -0.356 e. The molecule has 0 bridgehead atoms. The predicted molar refractivity (Wildman–Crippen MR) is 77.9 cm³/mol. The number of fused-ring (bicyclic) bond motifs is 1. The number of aryl methyl sites for hydroxylation is 2. The number of aromatic nitrogens is 2. The molecule has 0 unspecified atom stereocenters. The Morgan fingerprint density at radius 2 is 2.15 bits per heavy atom. The van der Waals surface area contributed by atoms with Gasteiger partial charge in [-0.2, -0.15) is 0 Å². The molecule has 6 heteroatoms. The Labute approximate surface area is 119 Å². The normalized spacial score (nSPS) is 10.9. The molecule has 1 aromatic carbocycles. The molecule has 0 aliphatic rings. The monoisotopic (exact) mass is 287 g/mol. The topological polar surface area (TPSA) is 68.0 Å². The van der Waals surface area contributed by atoms with Crippen LogP contribution in [0.1, 0.15) is 16.8 Å². The molecule has 1 amide bonds. The summed E-state index contributed by atoms with van der Waals surface area (Å²) in [6.45, 7) is 4.05. The Morgan fingerprint density at radius 3 is 2.90 bits per heavy atom. The summed E-state index contributed by atoms with van der Waals surface area (Å²) in [4.78, 5) is 16.0. The second-order valence-electron chi connectivity index (χ2n) is 4.62. The lowest BCUT2D eigenvalue weighted by molar-refractivity contribution is -0.115. The van der Waals surface area contributed by atoms with Crippen molar-refractivity contribution < 1.29 is 9.32 Å². The van der Waals surface area contributed by atoms with Gasteiger partial charge in [-0.05, 0) is 37.1 Å². The molecule has 0 atom stereocenters. The van der Waals surface area contributed by atoms with Crippen molar-refractivity contribution in [2.75, 3.05) is 5.32 Å². The van der Waals surface area contributed by atoms with Crippen LogP contribution in [0.2, 0.25) is 0 Å². The van der Waals surface area contributed by atoms with Gasteiger partial charge in [0.25, 0.3) is 0 Å². The molecular formula is C14H13N3O2S. The quantitative estimate of drug-likeness (QED) is 0.803. The maximum atomic E-state index is 11.9. The van der Waals surface area contributed by atoms with E-state index in [1.165, 1.54) is 11.3 Å². The first kappa shape index (κ1) is 12.8. The summed E-state index contributed by atoms with van der Waals surface area (Å²) in [7, 11) is 0. The van der Waals surface area contributed by atoms with Crippen molar-refractivity contribution in [3.05, 3.63) is 40.5 Å². The van der Waals surface area contributed by atoms with Crippen molar-refractivity contribution >= 4 is 33.3 Å². The summed E-state index contributed by atoms with van der Waals surface area (Å²) in [6.07, 6.45) is 1.83. The highest BCUT2D eigenvalue weighted by molar-refractivity contribution is 7.13. The van der Waals surface area contributed by atoms with Gasteiger partial charge in [0.15, 0.2) is 10.7 Å². The van der Waals surface area contributed by atoms with E-state index < -0.39 is 0 Å². The van der Waals surface area contributed by atoms with E-state index in [1.54, 1.807) is 6.20 Å². The first-order valence-electron chi connectivity index (χ1n) is 6.18. The van der Waals surface area contributed by atoms with Crippen LogP contribution in [0.5, 0.6) is 0 Å². The van der Waals surface area contributed by atoms with E-state index in [0.29, 0.717) is 16.4 Å². The number of rotatable bonds is 3. The minimum absolute atomic E-state index is 0.145. The van der Waals surface area contributed by atoms with Crippen LogP contribution in [0, 0.1) is 13.8 Å². The number of carbonyl (C=O) groups excluding carboxylic acids is 1. The summed E-state index contributed by atoms with van der Waals surface area (Å²) in [5, 5.41) is 10.0. The van der Waals surface area contributed by atoms with E-state index in [-0.39, 0.29) is 12.3 Å². The fourth-order valence-corrected chi connectivity index (χ4v) is 2.52. The average molecular weight is 287 g/mol. The molecule has 0 aliphatic heterocycles. The van der Waals surface area contributed by atoms with Crippen molar-refractivity contribution in [3.8, 4) is 0 Å². The smallest absolute Gasteiger partial charge is 0.232 e. The Balaban J connectivity index is 1.84. The molecule has 0 radical (unpaired) electrons. The summed E-state index contributed by atoms with van der Waals surface area (Å²) >= 11 is 1.38. The Morgan fingerprint density at radius 1 is 1.35 bits per heavy atom. The lowest BCUT2D eigenvalue weighted by Crippen LogP contribution is -2.14. The number of carbonyl (C=O) groups is 1. The predicted octanol–water partition coefficient (Wildman–Crippen LogP) is 3.08. The summed E-state index contributed by atoms with van der Waals surface area (Å²) in [5.41, 5.74) is 3.66. The molecule has 102 valence electrons. The van der Waals surface area contributed by atoms with Crippen LogP contribution in [0.25, 0.3) is 11.0 Å². The minimum atomic E-state index is -0.145. The molecule has 5 nitrogen and oxygen atoms in total. The molecule has 0 fully saturated rings. The SMILES string of the molecule is Cc1cc2onc(CC(=O)Nc3nccs3)c2cc1C. The number of hydrogen-bond acceptors (Lipinski definition) is 5. The van der Waals surface area contributed by atoms with Crippen molar-refractivity contribution in [1.82, 2.24) is 10.1 Å². The van der Waals surface area contributed by atoms with Gasteiger partial charge in [-0.3, -0.25) is 4.79 Å². The van der Waals surface area contributed by atoms with Crippen LogP contribution in [-0.4, -0.2) is 16.0 Å². The lowest BCUT2D eigenvalue weighted by atomic mass is 10.1. The molecule has 0 saturated carbocycles. The van der Waals surface area contributed by atoms with Crippen LogP contribution < -0.4 is 5.32 Å². The zero-order valence-corrected chi connectivity index (χ0v) is 12.0. The maximum Gasteiger partial charge on any atom is 0.232 e. The number of anilines is 1. The van der Waals surface area contributed by atoms with Gasteiger partial charge in [0.1, 0.15) is 5.69 Å². The van der Waals surface area contributed by atoms with Gasteiger partial charge in [-0.1, -0.05) is 5.16 Å². The highest BCUT2D eigenvalue weighted by Crippen LogP contribution is 2.23. The van der Waals surface area contributed by atoms with E-state index >= 15 is 0 Å². The molecular weight excluding hydrogens is 274 g/mol. The zero-order valence-electron chi connectivity index (χ0n) is 11.1. The summed E-state index contributed by atoms with van der Waals surface area (Å²) in [6, 6.07) is 3.95. The van der Waals surface area contributed by atoms with Gasteiger partial charge in [-0.15, -0.1) is 11.3 Å². The Hall–Kier alpha value is -2.21. The third-order valence-corrected chi connectivity index (χ3v) is 3.86. The standard InChI is InChI=1S/C14H13N3O2S/c1-8-5-10-11(17-19-12(10)6-9(8)2)7-13(18)16-14-15-3-4-20-14/h3-6H,7H2,1-2H3,(H,15,16,18). The van der Waals surface area contributed by atoms with E-state index in [0.717, 1.165) is 16.5 Å². The second-order valence-corrected chi connectivity index (χ2v) is 5.52. The number of hydrogen-bond donors (Lipinski definition) is 1. The van der Waals surface area contributed by atoms with Crippen LogP contribution in [0.15, 0.2) is 28.2 Å². The number of benzene rings is 1. The van der Waals surface area contributed by atoms with E-state index in [1.807, 2.05) is 31.4 Å². The van der Waals surface area contributed by atoms with Crippen molar-refractivity contribution in [3.63, 3.8) is 0 Å². The molecule has 1 N–H and O–H groups in total. The van der Waals surface area contributed by atoms with Gasteiger partial charge >= 0.3 is 0 Å². The Kier molecular flexibility index (Phi) is 3.23. The molecule has 20 heavy (non-hydrogen) atoms. The lowest BCUT2D eigenvalue weighted by Gasteiger charge is -2.01. The number of thiazole rings is 1. The van der Waals surface area contributed by atoms with Crippen LogP contribution >= 0.6 is 11.3 Å². The van der Waals surface area contributed by atoms with E-state index in [2.05, 4.69) is 15.5 Å². The fraction of sp³-hybridized carbons (Fsp3) is 0.214. The largest absolute Gasteiger partial charge is 0.356 e. The highest BCUT2D eigenvalue weighted by atomic mass is 32.1. The van der Waals surface area contributed by atoms with Gasteiger partial charge in [0.2, 0.25) is 5.91 Å². The summed E-state index contributed by atoms with van der Waals surface area (Å²) in [5.74, 6) is -0.145. The molecule has 2 aromatic heterocycles. The molecule has 3 aromatic rings. The van der Waals surface area contributed by atoms with Crippen LogP contribution in [0.4, 0.5) is 5.13 Å². The van der Waals surface area contributed by atoms with Crippen molar-refractivity contribution in [2.45, 2.75) is 20.3 Å². The second kappa shape index (κ2) is 5.05. The van der Waals surface area contributed by atoms with Crippen molar-refractivity contribution in [1.29, 1.82) is 0 Å². The van der Waals surface area contributed by atoms with E-state index in [9.17, 15) is 4.79 Å². The molecule has 3 rings (SSSR count). The molecule has 2 heterocycles.